The molecule has 0 radical (unpaired) electrons. The maximum absolute atomic E-state index is 11.7. The number of benzene rings is 3. The van der Waals surface area contributed by atoms with E-state index in [1.165, 1.54) is 12.1 Å². The van der Waals surface area contributed by atoms with Gasteiger partial charge >= 0.3 is 0 Å². The SMILES string of the molecule is Cc1cc(=O)[nH]c(N=NCc2c3ccccc3c(CN=Nc3nc(C)cc(=O)[nH]3)c3ccccc23)n1. The lowest BCUT2D eigenvalue weighted by Crippen LogP contribution is -2.05. The number of fused-ring (bicyclic) bond motifs is 2. The molecule has 5 aromatic rings. The first-order valence-corrected chi connectivity index (χ1v) is 11.3. The summed E-state index contributed by atoms with van der Waals surface area (Å²) >= 11 is 0. The van der Waals surface area contributed by atoms with E-state index >= 15 is 0 Å². The van der Waals surface area contributed by atoms with Gasteiger partial charge in [-0.25, -0.2) is 9.97 Å². The molecule has 2 heterocycles. The normalized spacial score (nSPS) is 11.8. The first-order chi connectivity index (χ1) is 17.5. The minimum Gasteiger partial charge on any atom is -0.290 e. The third-order valence-corrected chi connectivity index (χ3v) is 5.66. The molecule has 0 fully saturated rings. The standard InChI is InChI=1S/C26H22N8O2/c1-15-11-23(35)31-25(29-15)33-27-13-21-17-7-3-5-9-19(17)22(20-10-6-4-8-18(20)21)14-28-34-26-30-16(2)12-24(36)32-26/h3-12H,13-14H2,1-2H3,(H,29,31,35)(H,30,32,36). The van der Waals surface area contributed by atoms with E-state index in [4.69, 9.17) is 0 Å². The van der Waals surface area contributed by atoms with Crippen LogP contribution in [0.15, 0.2) is 90.7 Å². The first-order valence-electron chi connectivity index (χ1n) is 11.3. The van der Waals surface area contributed by atoms with Crippen molar-refractivity contribution in [2.24, 2.45) is 20.5 Å². The molecule has 3 aromatic carbocycles. The molecule has 0 aliphatic rings. The zero-order chi connectivity index (χ0) is 25.1. The van der Waals surface area contributed by atoms with Crippen molar-refractivity contribution in [1.82, 2.24) is 19.9 Å². The van der Waals surface area contributed by atoms with Crippen molar-refractivity contribution in [3.8, 4) is 0 Å². The van der Waals surface area contributed by atoms with Crippen molar-refractivity contribution in [2.75, 3.05) is 0 Å². The Morgan fingerprint density at radius 2 is 1.00 bits per heavy atom. The Kier molecular flexibility index (Phi) is 6.23. The van der Waals surface area contributed by atoms with Gasteiger partial charge in [-0.15, -0.1) is 10.2 Å². The number of H-pyrrole nitrogens is 2. The van der Waals surface area contributed by atoms with Crippen molar-refractivity contribution in [1.29, 1.82) is 0 Å². The molecule has 5 rings (SSSR count). The van der Waals surface area contributed by atoms with E-state index in [2.05, 4.69) is 40.4 Å². The highest BCUT2D eigenvalue weighted by molar-refractivity contribution is 6.05. The molecular formula is C26H22N8O2. The molecule has 2 N–H and O–H groups in total. The number of nitrogens with zero attached hydrogens (tertiary/aromatic N) is 6. The zero-order valence-corrected chi connectivity index (χ0v) is 19.7. The summed E-state index contributed by atoms with van der Waals surface area (Å²) in [6.07, 6.45) is 0. The zero-order valence-electron chi connectivity index (χ0n) is 19.7. The predicted molar refractivity (Wildman–Crippen MR) is 137 cm³/mol. The van der Waals surface area contributed by atoms with Crippen LogP contribution in [0, 0.1) is 13.8 Å². The van der Waals surface area contributed by atoms with Crippen LogP contribution in [0.25, 0.3) is 21.5 Å². The summed E-state index contributed by atoms with van der Waals surface area (Å²) in [4.78, 5) is 37.0. The van der Waals surface area contributed by atoms with Gasteiger partial charge in [-0.05, 0) is 46.5 Å². The van der Waals surface area contributed by atoms with Crippen LogP contribution in [-0.4, -0.2) is 19.9 Å². The lowest BCUT2D eigenvalue weighted by Gasteiger charge is -2.14. The fourth-order valence-electron chi connectivity index (χ4n) is 4.22. The molecular weight excluding hydrogens is 456 g/mol. The second-order valence-electron chi connectivity index (χ2n) is 8.27. The van der Waals surface area contributed by atoms with Gasteiger partial charge in [0.2, 0.25) is 11.9 Å². The topological polar surface area (TPSA) is 141 Å². The summed E-state index contributed by atoms with van der Waals surface area (Å²) in [6.45, 7) is 4.07. The minimum atomic E-state index is -0.268. The van der Waals surface area contributed by atoms with E-state index in [9.17, 15) is 9.59 Å². The summed E-state index contributed by atoms with van der Waals surface area (Å²) in [7, 11) is 0. The summed E-state index contributed by atoms with van der Waals surface area (Å²) in [5.74, 6) is 0.349. The van der Waals surface area contributed by atoms with Crippen molar-refractivity contribution in [2.45, 2.75) is 26.9 Å². The molecule has 0 amide bonds. The van der Waals surface area contributed by atoms with E-state index in [0.717, 1.165) is 32.7 Å². The first kappa shape index (κ1) is 22.9. The summed E-state index contributed by atoms with van der Waals surface area (Å²) in [5.41, 5.74) is 2.63. The molecule has 2 aromatic heterocycles. The molecule has 36 heavy (non-hydrogen) atoms. The second-order valence-corrected chi connectivity index (χ2v) is 8.27. The number of azo groups is 2. The Morgan fingerprint density at radius 1 is 0.639 bits per heavy atom. The molecule has 0 spiro atoms. The average molecular weight is 479 g/mol. The maximum atomic E-state index is 11.7. The Hall–Kier alpha value is -4.86. The largest absolute Gasteiger partial charge is 0.290 e. The molecule has 0 bridgehead atoms. The number of hydrogen-bond donors (Lipinski definition) is 2. The third-order valence-electron chi connectivity index (χ3n) is 5.66. The number of aryl methyl sites for hydroxylation is 2. The van der Waals surface area contributed by atoms with Crippen LogP contribution in [0.1, 0.15) is 22.5 Å². The highest BCUT2D eigenvalue weighted by Gasteiger charge is 2.13. The quantitative estimate of drug-likeness (QED) is 0.251. The number of aromatic amines is 2. The Labute approximate surface area is 204 Å². The van der Waals surface area contributed by atoms with E-state index in [1.807, 2.05) is 48.5 Å². The van der Waals surface area contributed by atoms with Crippen molar-refractivity contribution in [3.63, 3.8) is 0 Å². The summed E-state index contributed by atoms with van der Waals surface area (Å²) < 4.78 is 0. The molecule has 10 nitrogen and oxygen atoms in total. The Bertz CT molecular complexity index is 1580. The minimum absolute atomic E-state index is 0.174. The monoisotopic (exact) mass is 478 g/mol. The van der Waals surface area contributed by atoms with E-state index in [1.54, 1.807) is 13.8 Å². The Morgan fingerprint density at radius 3 is 1.33 bits per heavy atom. The molecule has 0 saturated heterocycles. The third kappa shape index (κ3) is 4.83. The molecule has 0 saturated carbocycles. The number of rotatable bonds is 6. The molecule has 10 heteroatoms. The fraction of sp³-hybridized carbons (Fsp3) is 0.154. The van der Waals surface area contributed by atoms with Crippen molar-refractivity contribution >= 4 is 33.4 Å². The maximum Gasteiger partial charge on any atom is 0.252 e. The van der Waals surface area contributed by atoms with Gasteiger partial charge in [-0.2, -0.15) is 10.2 Å². The molecule has 178 valence electrons. The van der Waals surface area contributed by atoms with Crippen LogP contribution < -0.4 is 11.1 Å². The van der Waals surface area contributed by atoms with Crippen LogP contribution in [-0.2, 0) is 13.1 Å². The smallest absolute Gasteiger partial charge is 0.252 e. The second kappa shape index (κ2) is 9.79. The van der Waals surface area contributed by atoms with Gasteiger partial charge in [-0.1, -0.05) is 48.5 Å². The number of aromatic nitrogens is 4. The van der Waals surface area contributed by atoms with Crippen molar-refractivity contribution in [3.05, 3.63) is 104 Å². The van der Waals surface area contributed by atoms with Gasteiger partial charge in [-0.3, -0.25) is 19.6 Å². The van der Waals surface area contributed by atoms with Gasteiger partial charge in [0.1, 0.15) is 0 Å². The predicted octanol–water partition coefficient (Wildman–Crippen LogP) is 5.34. The van der Waals surface area contributed by atoms with Crippen LogP contribution in [0.4, 0.5) is 11.9 Å². The summed E-state index contributed by atoms with van der Waals surface area (Å²) in [6, 6.07) is 18.9. The van der Waals surface area contributed by atoms with Crippen LogP contribution >= 0.6 is 0 Å². The average Bonchev–Trinajstić information content (AvgIpc) is 2.84. The lowest BCUT2D eigenvalue weighted by atomic mass is 9.92. The van der Waals surface area contributed by atoms with Crippen LogP contribution in [0.5, 0.6) is 0 Å². The lowest BCUT2D eigenvalue weighted by molar-refractivity contribution is 0.916. The van der Waals surface area contributed by atoms with Crippen molar-refractivity contribution < 1.29 is 0 Å². The Balaban J connectivity index is 1.56. The highest BCUT2D eigenvalue weighted by Crippen LogP contribution is 2.34. The molecule has 0 unspecified atom stereocenters. The van der Waals surface area contributed by atoms with Crippen LogP contribution in [0.2, 0.25) is 0 Å². The van der Waals surface area contributed by atoms with Gasteiger partial charge < -0.3 is 0 Å². The van der Waals surface area contributed by atoms with E-state index < -0.39 is 0 Å². The van der Waals surface area contributed by atoms with Gasteiger partial charge in [0.15, 0.2) is 0 Å². The van der Waals surface area contributed by atoms with Gasteiger partial charge in [0, 0.05) is 23.5 Å². The number of hydrogen-bond acceptors (Lipinski definition) is 8. The summed E-state index contributed by atoms with van der Waals surface area (Å²) in [5, 5.41) is 21.1. The van der Waals surface area contributed by atoms with Gasteiger partial charge in [0.05, 0.1) is 13.1 Å². The molecule has 0 aliphatic carbocycles. The number of nitrogens with one attached hydrogen (secondary N) is 2. The molecule has 0 atom stereocenters. The van der Waals surface area contributed by atoms with E-state index in [0.29, 0.717) is 24.5 Å². The molecule has 0 aliphatic heterocycles. The highest BCUT2D eigenvalue weighted by atomic mass is 16.1. The fourth-order valence-corrected chi connectivity index (χ4v) is 4.22. The van der Waals surface area contributed by atoms with E-state index in [-0.39, 0.29) is 23.0 Å². The van der Waals surface area contributed by atoms with Crippen LogP contribution in [0.3, 0.4) is 0 Å². The van der Waals surface area contributed by atoms with Gasteiger partial charge in [0.25, 0.3) is 11.1 Å².